The van der Waals surface area contributed by atoms with Crippen molar-refractivity contribution in [2.75, 3.05) is 33.4 Å². The van der Waals surface area contributed by atoms with Gasteiger partial charge in [0, 0.05) is 25.7 Å². The molecule has 1 aromatic rings. The number of methoxy groups -OCH3 is 1. The Bertz CT molecular complexity index is 808. The maximum absolute atomic E-state index is 13.2. The molecule has 32 heavy (non-hydrogen) atoms. The largest absolute Gasteiger partial charge is 0.496 e. The summed E-state index contributed by atoms with van der Waals surface area (Å²) in [5, 5.41) is 5.07. The van der Waals surface area contributed by atoms with E-state index < -0.39 is 18.2 Å². The summed E-state index contributed by atoms with van der Waals surface area (Å²) in [6.07, 6.45) is -2.72. The van der Waals surface area contributed by atoms with Crippen LogP contribution in [0.4, 0.5) is 13.2 Å². The molecular formula is C22H30F3N3O4. The average Bonchev–Trinajstić information content (AvgIpc) is 3.61. The highest BCUT2D eigenvalue weighted by atomic mass is 19.4. The van der Waals surface area contributed by atoms with Gasteiger partial charge in [-0.2, -0.15) is 13.2 Å². The molecule has 0 aromatic heterocycles. The summed E-state index contributed by atoms with van der Waals surface area (Å²) in [7, 11) is 1.53. The van der Waals surface area contributed by atoms with E-state index >= 15 is 0 Å². The molecule has 1 saturated heterocycles. The Kier molecular flexibility index (Phi) is 8.00. The first kappa shape index (κ1) is 24.3. The maximum Gasteiger partial charge on any atom is 0.471 e. The Morgan fingerprint density at radius 3 is 2.69 bits per heavy atom. The molecule has 0 radical (unpaired) electrons. The lowest BCUT2D eigenvalue weighted by atomic mass is 9.99. The maximum atomic E-state index is 13.2. The third-order valence-corrected chi connectivity index (χ3v) is 5.77. The molecule has 7 nitrogen and oxygen atoms in total. The average molecular weight is 457 g/mol. The van der Waals surface area contributed by atoms with Gasteiger partial charge in [0.1, 0.15) is 11.9 Å². The number of benzene rings is 1. The molecule has 1 aliphatic carbocycles. The van der Waals surface area contributed by atoms with Gasteiger partial charge in [0.15, 0.2) is 0 Å². The number of morpholine rings is 1. The van der Waals surface area contributed by atoms with E-state index in [1.165, 1.54) is 7.11 Å². The minimum Gasteiger partial charge on any atom is -0.496 e. The zero-order valence-corrected chi connectivity index (χ0v) is 18.3. The van der Waals surface area contributed by atoms with Crippen molar-refractivity contribution in [1.82, 2.24) is 15.5 Å². The van der Waals surface area contributed by atoms with E-state index in [4.69, 9.17) is 9.47 Å². The van der Waals surface area contributed by atoms with E-state index in [0.717, 1.165) is 30.5 Å². The van der Waals surface area contributed by atoms with Crippen LogP contribution in [0.15, 0.2) is 18.2 Å². The molecule has 1 aromatic carbocycles. The number of carbonyl (C=O) groups is 2. The highest BCUT2D eigenvalue weighted by Crippen LogP contribution is 2.36. The predicted octanol–water partition coefficient (Wildman–Crippen LogP) is 2.35. The third-order valence-electron chi connectivity index (χ3n) is 5.77. The van der Waals surface area contributed by atoms with Crippen molar-refractivity contribution in [1.29, 1.82) is 0 Å². The first-order valence-corrected chi connectivity index (χ1v) is 10.9. The first-order valence-electron chi connectivity index (χ1n) is 10.9. The van der Waals surface area contributed by atoms with Gasteiger partial charge in [-0.15, -0.1) is 0 Å². The number of amides is 2. The van der Waals surface area contributed by atoms with Gasteiger partial charge in [-0.3, -0.25) is 9.59 Å². The van der Waals surface area contributed by atoms with Crippen molar-refractivity contribution in [3.05, 3.63) is 29.3 Å². The molecule has 2 atom stereocenters. The van der Waals surface area contributed by atoms with E-state index in [-0.39, 0.29) is 24.5 Å². The van der Waals surface area contributed by atoms with Crippen LogP contribution in [0.2, 0.25) is 0 Å². The standard InChI is InChI=1S/C22H30F3N3O4/c1-14(28(17-6-7-17)20(29)19-13-26-10-11-32-19)15-5-8-18(31-2)16(12-15)4-3-9-27-21(30)22(23,24)25/h5,8,12,14,17,19,26H,3-4,6-7,9-11,13H2,1-2H3,(H,27,30)/t14-,19-/m1/s1. The molecule has 1 aliphatic heterocycles. The lowest BCUT2D eigenvalue weighted by Gasteiger charge is -2.34. The van der Waals surface area contributed by atoms with Crippen molar-refractivity contribution >= 4 is 11.8 Å². The molecule has 0 spiro atoms. The highest BCUT2D eigenvalue weighted by Gasteiger charge is 2.40. The highest BCUT2D eigenvalue weighted by molar-refractivity contribution is 5.82. The molecule has 10 heteroatoms. The van der Waals surface area contributed by atoms with Crippen molar-refractivity contribution in [2.45, 2.75) is 57.0 Å². The van der Waals surface area contributed by atoms with Gasteiger partial charge in [0.05, 0.1) is 19.8 Å². The summed E-state index contributed by atoms with van der Waals surface area (Å²) in [5.74, 6) is -1.35. The molecule has 2 N–H and O–H groups in total. The van der Waals surface area contributed by atoms with Gasteiger partial charge in [-0.05, 0) is 49.8 Å². The Morgan fingerprint density at radius 1 is 1.34 bits per heavy atom. The van der Waals surface area contributed by atoms with Crippen molar-refractivity contribution in [3.8, 4) is 5.75 Å². The van der Waals surface area contributed by atoms with Crippen molar-refractivity contribution in [2.24, 2.45) is 0 Å². The van der Waals surface area contributed by atoms with E-state index in [1.807, 2.05) is 35.3 Å². The molecule has 1 heterocycles. The van der Waals surface area contributed by atoms with Gasteiger partial charge in [0.2, 0.25) is 0 Å². The Hall–Kier alpha value is -2.33. The smallest absolute Gasteiger partial charge is 0.471 e. The van der Waals surface area contributed by atoms with Gasteiger partial charge >= 0.3 is 12.1 Å². The minimum absolute atomic E-state index is 0.0283. The van der Waals surface area contributed by atoms with Crippen LogP contribution in [0.5, 0.6) is 5.75 Å². The van der Waals surface area contributed by atoms with Crippen LogP contribution in [-0.2, 0) is 20.7 Å². The fraction of sp³-hybridized carbons (Fsp3) is 0.636. The molecule has 2 aliphatic rings. The Labute approximate surface area is 185 Å². The zero-order valence-electron chi connectivity index (χ0n) is 18.3. The normalized spacial score (nSPS) is 19.8. The Balaban J connectivity index is 1.68. The van der Waals surface area contributed by atoms with Gasteiger partial charge in [-0.1, -0.05) is 12.1 Å². The topological polar surface area (TPSA) is 79.9 Å². The number of halogens is 3. The van der Waals surface area contributed by atoms with E-state index in [0.29, 0.717) is 31.7 Å². The minimum atomic E-state index is -4.89. The van der Waals surface area contributed by atoms with Crippen molar-refractivity contribution < 1.29 is 32.2 Å². The zero-order chi connectivity index (χ0) is 23.3. The van der Waals surface area contributed by atoms with E-state index in [9.17, 15) is 22.8 Å². The number of nitrogens with one attached hydrogen (secondary N) is 2. The summed E-state index contributed by atoms with van der Waals surface area (Å²) in [6.45, 7) is 3.60. The SMILES string of the molecule is COc1ccc([C@@H](C)N(C(=O)[C@H]2CNCCO2)C2CC2)cc1CCCNC(=O)C(F)(F)F. The summed E-state index contributed by atoms with van der Waals surface area (Å²) < 4.78 is 48.0. The fourth-order valence-electron chi connectivity index (χ4n) is 3.93. The first-order chi connectivity index (χ1) is 15.2. The number of alkyl halides is 3. The summed E-state index contributed by atoms with van der Waals surface area (Å²) in [5.41, 5.74) is 1.74. The fourth-order valence-corrected chi connectivity index (χ4v) is 3.93. The molecule has 2 amide bonds. The van der Waals surface area contributed by atoms with Crippen LogP contribution in [0.1, 0.15) is 43.4 Å². The molecule has 178 valence electrons. The second-order valence-corrected chi connectivity index (χ2v) is 8.14. The van der Waals surface area contributed by atoms with Crippen molar-refractivity contribution in [3.63, 3.8) is 0 Å². The molecular weight excluding hydrogens is 427 g/mol. The van der Waals surface area contributed by atoms with Crippen LogP contribution in [0, 0.1) is 0 Å². The quantitative estimate of drug-likeness (QED) is 0.557. The number of rotatable bonds is 9. The predicted molar refractivity (Wildman–Crippen MR) is 111 cm³/mol. The number of hydrogen-bond donors (Lipinski definition) is 2. The number of hydrogen-bond acceptors (Lipinski definition) is 5. The third kappa shape index (κ3) is 6.13. The number of nitrogens with zero attached hydrogens (tertiary/aromatic N) is 1. The lowest BCUT2D eigenvalue weighted by Crippen LogP contribution is -2.50. The van der Waals surface area contributed by atoms with Crippen LogP contribution in [0.25, 0.3) is 0 Å². The van der Waals surface area contributed by atoms with Crippen LogP contribution < -0.4 is 15.4 Å². The van der Waals surface area contributed by atoms with E-state index in [2.05, 4.69) is 5.32 Å². The summed E-state index contributed by atoms with van der Waals surface area (Å²) >= 11 is 0. The number of carbonyl (C=O) groups excluding carboxylic acids is 2. The van der Waals surface area contributed by atoms with Gasteiger partial charge in [-0.25, -0.2) is 0 Å². The van der Waals surface area contributed by atoms with Crippen LogP contribution in [0.3, 0.4) is 0 Å². The van der Waals surface area contributed by atoms with Gasteiger partial charge < -0.3 is 25.0 Å². The Morgan fingerprint density at radius 2 is 2.09 bits per heavy atom. The molecule has 2 fully saturated rings. The number of ether oxygens (including phenoxy) is 2. The molecule has 0 bridgehead atoms. The molecule has 1 saturated carbocycles. The second kappa shape index (κ2) is 10.5. The van der Waals surface area contributed by atoms with Crippen LogP contribution >= 0.6 is 0 Å². The van der Waals surface area contributed by atoms with E-state index in [1.54, 1.807) is 0 Å². The summed E-state index contributed by atoms with van der Waals surface area (Å²) in [4.78, 5) is 26.0. The molecule has 0 unspecified atom stereocenters. The van der Waals surface area contributed by atoms with Gasteiger partial charge in [0.25, 0.3) is 5.91 Å². The number of aryl methyl sites for hydroxylation is 1. The summed E-state index contributed by atoms with van der Waals surface area (Å²) in [6, 6.07) is 5.64. The monoisotopic (exact) mass is 457 g/mol. The second-order valence-electron chi connectivity index (χ2n) is 8.14. The van der Waals surface area contributed by atoms with Crippen LogP contribution in [-0.4, -0.2) is 68.4 Å². The lowest BCUT2D eigenvalue weighted by molar-refractivity contribution is -0.173. The molecule has 3 rings (SSSR count).